The summed E-state index contributed by atoms with van der Waals surface area (Å²) in [5, 5.41) is 49.8. The molecule has 1 fully saturated rings. The van der Waals surface area contributed by atoms with Crippen molar-refractivity contribution in [2.45, 2.75) is 43.5 Å². The molecule has 0 aliphatic carbocycles. The molecule has 11 nitrogen and oxygen atoms in total. The Morgan fingerprint density at radius 2 is 1.42 bits per heavy atom. The fraction of sp³-hybridized carbons (Fsp3) is 0.455. The van der Waals surface area contributed by atoms with Crippen molar-refractivity contribution in [3.8, 4) is 34.5 Å². The summed E-state index contributed by atoms with van der Waals surface area (Å²) in [5.41, 5.74) is 1.65. The smallest absolute Gasteiger partial charge is 0.231 e. The van der Waals surface area contributed by atoms with E-state index < -0.39 is 37.3 Å². The van der Waals surface area contributed by atoms with Gasteiger partial charge in [-0.15, -0.1) is 0 Å². The van der Waals surface area contributed by atoms with E-state index in [4.69, 9.17) is 28.4 Å². The van der Waals surface area contributed by atoms with E-state index in [-0.39, 0.29) is 25.1 Å². The summed E-state index contributed by atoms with van der Waals surface area (Å²) in [7, 11) is 0. The molecule has 5 atom stereocenters. The third-order valence-corrected chi connectivity index (χ3v) is 5.80. The fourth-order valence-corrected chi connectivity index (χ4v) is 4.03. The molecule has 5 N–H and O–H groups in total. The van der Waals surface area contributed by atoms with Gasteiger partial charge in [-0.1, -0.05) is 0 Å². The molecular formula is C22H24O11. The van der Waals surface area contributed by atoms with Crippen LogP contribution in [0.4, 0.5) is 0 Å². The van der Waals surface area contributed by atoms with Crippen LogP contribution in [0.25, 0.3) is 0 Å². The monoisotopic (exact) mass is 464 g/mol. The van der Waals surface area contributed by atoms with Crippen LogP contribution in [-0.2, 0) is 17.6 Å². The molecule has 3 aliphatic heterocycles. The number of rotatable bonds is 6. The zero-order valence-corrected chi connectivity index (χ0v) is 17.4. The Hall–Kier alpha value is -2.96. The SMILES string of the molecule is OC[C@H]1O[C@@H](Oc2cc(CCc3cc(O)c4c(c3)OCO4)cc3c2OCO3)[C@H](O)[C@@H](O)[C@@H]1O. The fourth-order valence-electron chi connectivity index (χ4n) is 4.03. The molecular weight excluding hydrogens is 440 g/mol. The maximum Gasteiger partial charge on any atom is 0.231 e. The van der Waals surface area contributed by atoms with E-state index in [1.54, 1.807) is 24.3 Å². The van der Waals surface area contributed by atoms with Gasteiger partial charge in [-0.05, 0) is 48.2 Å². The lowest BCUT2D eigenvalue weighted by Gasteiger charge is -2.39. The van der Waals surface area contributed by atoms with Crippen molar-refractivity contribution in [3.05, 3.63) is 35.4 Å². The Labute approximate surface area is 188 Å². The van der Waals surface area contributed by atoms with Crippen molar-refractivity contribution in [2.75, 3.05) is 20.2 Å². The minimum atomic E-state index is -1.56. The molecule has 0 saturated carbocycles. The van der Waals surface area contributed by atoms with Gasteiger partial charge in [0.05, 0.1) is 6.61 Å². The molecule has 0 unspecified atom stereocenters. The van der Waals surface area contributed by atoms with Crippen LogP contribution >= 0.6 is 0 Å². The third kappa shape index (κ3) is 4.09. The summed E-state index contributed by atoms with van der Waals surface area (Å²) in [6, 6.07) is 6.92. The molecule has 0 amide bonds. The summed E-state index contributed by atoms with van der Waals surface area (Å²) >= 11 is 0. The zero-order valence-electron chi connectivity index (χ0n) is 17.4. The van der Waals surface area contributed by atoms with Gasteiger partial charge in [0.1, 0.15) is 24.4 Å². The number of hydrogen-bond donors (Lipinski definition) is 5. The lowest BCUT2D eigenvalue weighted by molar-refractivity contribution is -0.277. The van der Waals surface area contributed by atoms with Crippen LogP contribution in [0.2, 0.25) is 0 Å². The Morgan fingerprint density at radius 1 is 0.788 bits per heavy atom. The first-order valence-electron chi connectivity index (χ1n) is 10.5. The van der Waals surface area contributed by atoms with Crippen LogP contribution in [0, 0.1) is 0 Å². The molecule has 178 valence electrons. The lowest BCUT2D eigenvalue weighted by atomic mass is 9.99. The zero-order chi connectivity index (χ0) is 23.1. The second kappa shape index (κ2) is 8.76. The van der Waals surface area contributed by atoms with E-state index in [1.807, 2.05) is 0 Å². The van der Waals surface area contributed by atoms with Crippen LogP contribution in [0.15, 0.2) is 24.3 Å². The molecule has 0 aromatic heterocycles. The lowest BCUT2D eigenvalue weighted by Crippen LogP contribution is -2.60. The topological polar surface area (TPSA) is 157 Å². The number of benzene rings is 2. The highest BCUT2D eigenvalue weighted by atomic mass is 16.7. The van der Waals surface area contributed by atoms with Gasteiger partial charge < -0.3 is 54.0 Å². The largest absolute Gasteiger partial charge is 0.504 e. The van der Waals surface area contributed by atoms with Crippen LogP contribution < -0.4 is 23.7 Å². The van der Waals surface area contributed by atoms with Gasteiger partial charge in [-0.2, -0.15) is 0 Å². The second-order valence-electron chi connectivity index (χ2n) is 7.99. The summed E-state index contributed by atoms with van der Waals surface area (Å²) in [6.45, 7) is -0.516. The van der Waals surface area contributed by atoms with Crippen molar-refractivity contribution >= 4 is 0 Å². The molecule has 11 heteroatoms. The average molecular weight is 464 g/mol. The van der Waals surface area contributed by atoms with Gasteiger partial charge in [-0.25, -0.2) is 0 Å². The highest BCUT2D eigenvalue weighted by molar-refractivity contribution is 5.56. The minimum Gasteiger partial charge on any atom is -0.504 e. The van der Waals surface area contributed by atoms with E-state index in [2.05, 4.69) is 0 Å². The van der Waals surface area contributed by atoms with Crippen LogP contribution in [0.1, 0.15) is 11.1 Å². The van der Waals surface area contributed by atoms with Gasteiger partial charge in [0, 0.05) is 0 Å². The Morgan fingerprint density at radius 3 is 2.12 bits per heavy atom. The first-order chi connectivity index (χ1) is 15.9. The Bertz CT molecular complexity index is 1020. The van der Waals surface area contributed by atoms with E-state index in [0.29, 0.717) is 35.8 Å². The molecule has 5 rings (SSSR count). The first-order valence-corrected chi connectivity index (χ1v) is 10.5. The van der Waals surface area contributed by atoms with Gasteiger partial charge in [0.15, 0.2) is 23.0 Å². The molecule has 0 bridgehead atoms. The summed E-state index contributed by atoms with van der Waals surface area (Å²) < 4.78 is 32.8. The number of aromatic hydroxyl groups is 1. The van der Waals surface area contributed by atoms with Crippen molar-refractivity contribution in [1.29, 1.82) is 0 Å². The predicted molar refractivity (Wildman–Crippen MR) is 109 cm³/mol. The van der Waals surface area contributed by atoms with E-state index in [1.165, 1.54) is 0 Å². The van der Waals surface area contributed by atoms with Crippen molar-refractivity contribution < 1.29 is 54.0 Å². The molecule has 0 radical (unpaired) electrons. The molecule has 3 aliphatic rings. The maximum atomic E-state index is 10.3. The third-order valence-electron chi connectivity index (χ3n) is 5.80. The highest BCUT2D eigenvalue weighted by Crippen LogP contribution is 2.44. The van der Waals surface area contributed by atoms with Crippen LogP contribution in [-0.4, -0.2) is 76.4 Å². The minimum absolute atomic E-state index is 0.0114. The van der Waals surface area contributed by atoms with Crippen LogP contribution in [0.3, 0.4) is 0 Å². The number of fused-ring (bicyclic) bond motifs is 2. The predicted octanol–water partition coefficient (Wildman–Crippen LogP) is -0.187. The summed E-state index contributed by atoms with van der Waals surface area (Å²) in [5.74, 6) is 1.81. The van der Waals surface area contributed by atoms with Crippen LogP contribution in [0.5, 0.6) is 34.5 Å². The quantitative estimate of drug-likeness (QED) is 0.386. The number of aliphatic hydroxyl groups excluding tert-OH is 4. The van der Waals surface area contributed by atoms with E-state index in [9.17, 15) is 25.5 Å². The molecule has 2 aromatic carbocycles. The highest BCUT2D eigenvalue weighted by Gasteiger charge is 2.45. The second-order valence-corrected chi connectivity index (χ2v) is 7.99. The number of hydrogen-bond acceptors (Lipinski definition) is 11. The van der Waals surface area contributed by atoms with Crippen molar-refractivity contribution in [2.24, 2.45) is 0 Å². The van der Waals surface area contributed by atoms with Crippen molar-refractivity contribution in [1.82, 2.24) is 0 Å². The van der Waals surface area contributed by atoms with E-state index in [0.717, 1.165) is 11.1 Å². The van der Waals surface area contributed by atoms with Gasteiger partial charge >= 0.3 is 0 Å². The Balaban J connectivity index is 1.35. The molecule has 3 heterocycles. The molecule has 0 spiro atoms. The Kier molecular flexibility index (Phi) is 5.81. The molecule has 33 heavy (non-hydrogen) atoms. The number of aryl methyl sites for hydroxylation is 2. The average Bonchev–Trinajstić information content (AvgIpc) is 3.48. The maximum absolute atomic E-state index is 10.3. The normalized spacial score (nSPS) is 27.6. The molecule has 1 saturated heterocycles. The van der Waals surface area contributed by atoms with Crippen molar-refractivity contribution in [3.63, 3.8) is 0 Å². The summed E-state index contributed by atoms with van der Waals surface area (Å²) in [6.07, 6.45) is -5.95. The summed E-state index contributed by atoms with van der Waals surface area (Å²) in [4.78, 5) is 0. The van der Waals surface area contributed by atoms with Gasteiger partial charge in [-0.3, -0.25) is 0 Å². The number of ether oxygens (including phenoxy) is 6. The number of aliphatic hydroxyl groups is 4. The standard InChI is InChI=1S/C22H24O11/c23-7-16-17(25)18(26)19(27)22(33-16)32-15-6-11(5-14-21(15)31-9-29-14)2-1-10-3-12(24)20-13(4-10)28-8-30-20/h3-6,16-19,22-27H,1-2,7-9H2/t16-,17-,18+,19-,22-/m1/s1. The molecule has 2 aromatic rings. The first kappa shape index (κ1) is 21.9. The number of phenols is 1. The number of phenolic OH excluding ortho intramolecular Hbond substituents is 1. The van der Waals surface area contributed by atoms with Gasteiger partial charge in [0.2, 0.25) is 31.4 Å². The van der Waals surface area contributed by atoms with Gasteiger partial charge in [0.25, 0.3) is 0 Å². The van der Waals surface area contributed by atoms with E-state index >= 15 is 0 Å².